The summed E-state index contributed by atoms with van der Waals surface area (Å²) in [6.07, 6.45) is 1.72. The molecule has 6 nitrogen and oxygen atoms in total. The number of methoxy groups -OCH3 is 1. The van der Waals surface area contributed by atoms with Crippen LogP contribution in [-0.4, -0.2) is 31.9 Å². The van der Waals surface area contributed by atoms with E-state index in [4.69, 9.17) is 4.74 Å². The summed E-state index contributed by atoms with van der Waals surface area (Å²) in [6.45, 7) is 2.04. The number of aryl methyl sites for hydroxylation is 1. The Bertz CT molecular complexity index is 1010. The average molecular weight is 317 g/mol. The average Bonchev–Trinajstić information content (AvgIpc) is 3.05. The molecule has 2 aromatic heterocycles. The summed E-state index contributed by atoms with van der Waals surface area (Å²) in [6, 6.07) is 15.7. The monoisotopic (exact) mass is 317 g/mol. The SMILES string of the molecule is COc1ccc(-c2cnn3c(-c4cccc(C)c4)nnc3n2)cc1. The number of hydrogen-bond donors (Lipinski definition) is 0. The summed E-state index contributed by atoms with van der Waals surface area (Å²) < 4.78 is 6.83. The molecule has 4 aromatic rings. The lowest BCUT2D eigenvalue weighted by Crippen LogP contribution is -1.98. The van der Waals surface area contributed by atoms with E-state index in [1.54, 1.807) is 17.8 Å². The molecule has 0 bridgehead atoms. The van der Waals surface area contributed by atoms with Crippen LogP contribution in [0.4, 0.5) is 0 Å². The van der Waals surface area contributed by atoms with Gasteiger partial charge >= 0.3 is 0 Å². The minimum absolute atomic E-state index is 0.472. The summed E-state index contributed by atoms with van der Waals surface area (Å²) in [7, 11) is 1.64. The predicted octanol–water partition coefficient (Wildman–Crippen LogP) is 3.17. The van der Waals surface area contributed by atoms with Crippen molar-refractivity contribution in [3.8, 4) is 28.4 Å². The maximum Gasteiger partial charge on any atom is 0.272 e. The molecule has 0 unspecified atom stereocenters. The fourth-order valence-electron chi connectivity index (χ4n) is 2.56. The van der Waals surface area contributed by atoms with Crippen molar-refractivity contribution in [2.24, 2.45) is 0 Å². The van der Waals surface area contributed by atoms with Gasteiger partial charge < -0.3 is 4.74 Å². The zero-order valence-corrected chi connectivity index (χ0v) is 13.3. The van der Waals surface area contributed by atoms with Gasteiger partial charge in [-0.05, 0) is 37.3 Å². The van der Waals surface area contributed by atoms with E-state index in [1.165, 1.54) is 0 Å². The summed E-state index contributed by atoms with van der Waals surface area (Å²) >= 11 is 0. The van der Waals surface area contributed by atoms with E-state index >= 15 is 0 Å². The Morgan fingerprint density at radius 2 is 1.79 bits per heavy atom. The van der Waals surface area contributed by atoms with E-state index in [9.17, 15) is 0 Å². The summed E-state index contributed by atoms with van der Waals surface area (Å²) in [4.78, 5) is 4.56. The second-order valence-electron chi connectivity index (χ2n) is 5.48. The first-order valence-corrected chi connectivity index (χ1v) is 7.54. The normalized spacial score (nSPS) is 10.9. The lowest BCUT2D eigenvalue weighted by Gasteiger charge is -2.04. The molecule has 0 atom stereocenters. The predicted molar refractivity (Wildman–Crippen MR) is 90.7 cm³/mol. The third kappa shape index (κ3) is 2.48. The van der Waals surface area contributed by atoms with Crippen molar-refractivity contribution in [2.75, 3.05) is 7.11 Å². The molecule has 2 aromatic carbocycles. The molecule has 0 aliphatic carbocycles. The molecule has 4 rings (SSSR count). The van der Waals surface area contributed by atoms with Gasteiger partial charge in [-0.2, -0.15) is 9.61 Å². The summed E-state index contributed by atoms with van der Waals surface area (Å²) in [5.41, 5.74) is 3.82. The molecule has 0 aliphatic heterocycles. The maximum atomic E-state index is 5.17. The van der Waals surface area contributed by atoms with Crippen LogP contribution in [0.5, 0.6) is 5.75 Å². The lowest BCUT2D eigenvalue weighted by molar-refractivity contribution is 0.415. The number of fused-ring (bicyclic) bond motifs is 1. The Balaban J connectivity index is 1.77. The van der Waals surface area contributed by atoms with Crippen LogP contribution in [-0.2, 0) is 0 Å². The van der Waals surface area contributed by atoms with Gasteiger partial charge in [-0.15, -0.1) is 10.2 Å². The second-order valence-corrected chi connectivity index (χ2v) is 5.48. The van der Waals surface area contributed by atoms with E-state index in [2.05, 4.69) is 26.3 Å². The maximum absolute atomic E-state index is 5.17. The van der Waals surface area contributed by atoms with Crippen LogP contribution in [0.1, 0.15) is 5.56 Å². The molecule has 6 heteroatoms. The van der Waals surface area contributed by atoms with Gasteiger partial charge in [0.15, 0.2) is 5.82 Å². The number of ether oxygens (including phenoxy) is 1. The summed E-state index contributed by atoms with van der Waals surface area (Å²) in [5.74, 6) is 1.96. The van der Waals surface area contributed by atoms with Crippen molar-refractivity contribution in [1.29, 1.82) is 0 Å². The van der Waals surface area contributed by atoms with Crippen molar-refractivity contribution >= 4 is 5.78 Å². The van der Waals surface area contributed by atoms with Crippen molar-refractivity contribution in [3.05, 3.63) is 60.3 Å². The van der Waals surface area contributed by atoms with Crippen LogP contribution in [0.3, 0.4) is 0 Å². The minimum Gasteiger partial charge on any atom is -0.497 e. The number of benzene rings is 2. The van der Waals surface area contributed by atoms with Crippen molar-refractivity contribution in [3.63, 3.8) is 0 Å². The van der Waals surface area contributed by atoms with E-state index in [0.717, 1.165) is 28.1 Å². The van der Waals surface area contributed by atoms with Crippen LogP contribution in [0, 0.1) is 6.92 Å². The zero-order valence-electron chi connectivity index (χ0n) is 13.3. The molecule has 0 N–H and O–H groups in total. The highest BCUT2D eigenvalue weighted by Crippen LogP contribution is 2.22. The molecule has 0 spiro atoms. The Labute approximate surface area is 138 Å². The van der Waals surface area contributed by atoms with Gasteiger partial charge in [0.05, 0.1) is 19.0 Å². The molecule has 0 fully saturated rings. The molecule has 0 amide bonds. The molecule has 0 radical (unpaired) electrons. The van der Waals surface area contributed by atoms with Gasteiger partial charge in [0.1, 0.15) is 5.75 Å². The van der Waals surface area contributed by atoms with Gasteiger partial charge in [0, 0.05) is 11.1 Å². The zero-order chi connectivity index (χ0) is 16.5. The van der Waals surface area contributed by atoms with Crippen LogP contribution < -0.4 is 4.74 Å². The number of rotatable bonds is 3. The first kappa shape index (κ1) is 14.3. The number of nitrogens with zero attached hydrogens (tertiary/aromatic N) is 5. The lowest BCUT2D eigenvalue weighted by atomic mass is 10.1. The number of hydrogen-bond acceptors (Lipinski definition) is 5. The van der Waals surface area contributed by atoms with Gasteiger partial charge in [0.2, 0.25) is 0 Å². The standard InChI is InChI=1S/C18H15N5O/c1-12-4-3-5-14(10-12)17-21-22-18-20-16(11-19-23(17)18)13-6-8-15(24-2)9-7-13/h3-11H,1-2H3. The molecule has 0 saturated heterocycles. The molecule has 0 saturated carbocycles. The molecule has 118 valence electrons. The fourth-order valence-corrected chi connectivity index (χ4v) is 2.56. The van der Waals surface area contributed by atoms with Gasteiger partial charge in [-0.1, -0.05) is 23.8 Å². The smallest absolute Gasteiger partial charge is 0.272 e. The fraction of sp³-hybridized carbons (Fsp3) is 0.111. The first-order chi connectivity index (χ1) is 11.7. The Morgan fingerprint density at radius 3 is 2.54 bits per heavy atom. The summed E-state index contributed by atoms with van der Waals surface area (Å²) in [5, 5.41) is 12.9. The quantitative estimate of drug-likeness (QED) is 0.580. The second kappa shape index (κ2) is 5.73. The van der Waals surface area contributed by atoms with Crippen LogP contribution >= 0.6 is 0 Å². The Hall–Kier alpha value is -3.28. The molecule has 2 heterocycles. The van der Waals surface area contributed by atoms with Crippen LogP contribution in [0.25, 0.3) is 28.4 Å². The Morgan fingerprint density at radius 1 is 0.958 bits per heavy atom. The van der Waals surface area contributed by atoms with Gasteiger partial charge in [-0.3, -0.25) is 0 Å². The van der Waals surface area contributed by atoms with Gasteiger partial charge in [0.25, 0.3) is 5.78 Å². The Kier molecular flexibility index (Phi) is 3.42. The highest BCUT2D eigenvalue weighted by molar-refractivity contribution is 5.62. The van der Waals surface area contributed by atoms with Crippen molar-refractivity contribution < 1.29 is 4.74 Å². The van der Waals surface area contributed by atoms with E-state index in [-0.39, 0.29) is 0 Å². The third-order valence-corrected chi connectivity index (χ3v) is 3.80. The van der Waals surface area contributed by atoms with Crippen LogP contribution in [0.15, 0.2) is 54.7 Å². The van der Waals surface area contributed by atoms with Crippen LogP contribution in [0.2, 0.25) is 0 Å². The van der Waals surface area contributed by atoms with E-state index in [0.29, 0.717) is 11.6 Å². The first-order valence-electron chi connectivity index (χ1n) is 7.54. The van der Waals surface area contributed by atoms with Crippen molar-refractivity contribution in [2.45, 2.75) is 6.92 Å². The topological polar surface area (TPSA) is 65.2 Å². The van der Waals surface area contributed by atoms with Crippen molar-refractivity contribution in [1.82, 2.24) is 24.8 Å². The van der Waals surface area contributed by atoms with Gasteiger partial charge in [-0.25, -0.2) is 4.98 Å². The highest BCUT2D eigenvalue weighted by atomic mass is 16.5. The largest absolute Gasteiger partial charge is 0.497 e. The highest BCUT2D eigenvalue weighted by Gasteiger charge is 2.11. The van der Waals surface area contributed by atoms with E-state index < -0.39 is 0 Å². The molecular weight excluding hydrogens is 302 g/mol. The minimum atomic E-state index is 0.472. The molecule has 24 heavy (non-hydrogen) atoms. The number of aromatic nitrogens is 5. The van der Waals surface area contributed by atoms with E-state index in [1.807, 2.05) is 49.4 Å². The molecule has 0 aliphatic rings. The third-order valence-electron chi connectivity index (χ3n) is 3.80. The molecular formula is C18H15N5O.